The highest BCUT2D eigenvalue weighted by Crippen LogP contribution is 2.48. The Hall–Kier alpha value is -3.41. The summed E-state index contributed by atoms with van der Waals surface area (Å²) in [4.78, 5) is 14.0. The Labute approximate surface area is 268 Å². The van der Waals surface area contributed by atoms with Crippen molar-refractivity contribution in [3.63, 3.8) is 0 Å². The molecule has 4 atom stereocenters. The van der Waals surface area contributed by atoms with E-state index in [1.807, 2.05) is 38.1 Å². The normalized spacial score (nSPS) is 23.1. The maximum atomic E-state index is 15.3. The zero-order valence-corrected chi connectivity index (χ0v) is 27.1. The highest BCUT2D eigenvalue weighted by atomic mass is 35.5. The lowest BCUT2D eigenvalue weighted by molar-refractivity contribution is -0.132. The third-order valence-corrected chi connectivity index (χ3v) is 12.9. The van der Waals surface area contributed by atoms with Crippen LogP contribution in [0.3, 0.4) is 0 Å². The third kappa shape index (κ3) is 5.86. The van der Waals surface area contributed by atoms with E-state index in [9.17, 15) is 21.6 Å². The summed E-state index contributed by atoms with van der Waals surface area (Å²) in [7, 11) is -8.43. The van der Waals surface area contributed by atoms with Crippen LogP contribution in [-0.2, 0) is 24.8 Å². The molecule has 6 rings (SSSR count). The highest BCUT2D eigenvalue weighted by molar-refractivity contribution is 7.89. The summed E-state index contributed by atoms with van der Waals surface area (Å²) in [5, 5.41) is 0.376. The lowest BCUT2D eigenvalue weighted by Gasteiger charge is -2.51. The molecular weight excluding hydrogens is 635 g/mol. The quantitative estimate of drug-likeness (QED) is 0.231. The molecule has 2 unspecified atom stereocenters. The first-order valence-electron chi connectivity index (χ1n) is 14.6. The fourth-order valence-electron chi connectivity index (χ4n) is 6.48. The Morgan fingerprint density at radius 2 is 1.29 bits per heavy atom. The Morgan fingerprint density at radius 1 is 0.733 bits per heavy atom. The summed E-state index contributed by atoms with van der Waals surface area (Å²) >= 11 is 6.05. The van der Waals surface area contributed by atoms with Gasteiger partial charge in [-0.25, -0.2) is 21.2 Å². The molecule has 234 valence electrons. The SMILES string of the molecule is Cc1ccc(C2C[C@H]3[C@@H](CN2S(=O)(=O)c2ccc(Cl)cc2)C(=O)CC(c2ccccc2F)N3S(=O)(=O)c2ccc(C)cc2)cc1. The first-order chi connectivity index (χ1) is 21.4. The van der Waals surface area contributed by atoms with Gasteiger partial charge in [0.25, 0.3) is 0 Å². The predicted octanol–water partition coefficient (Wildman–Crippen LogP) is 6.62. The number of nitrogens with zero attached hydrogens (tertiary/aromatic N) is 2. The second kappa shape index (κ2) is 12.1. The van der Waals surface area contributed by atoms with E-state index in [1.54, 1.807) is 18.2 Å². The molecule has 4 aromatic carbocycles. The lowest BCUT2D eigenvalue weighted by Crippen LogP contribution is -2.61. The number of Topliss-reactive ketones (excluding diaryl/α,β-unsaturated/α-hetero) is 1. The van der Waals surface area contributed by atoms with E-state index >= 15 is 4.39 Å². The van der Waals surface area contributed by atoms with Gasteiger partial charge in [-0.1, -0.05) is 77.3 Å². The summed E-state index contributed by atoms with van der Waals surface area (Å²) < 4.78 is 75.3. The second-order valence-electron chi connectivity index (χ2n) is 11.7. The zero-order chi connectivity index (χ0) is 32.1. The van der Waals surface area contributed by atoms with Crippen LogP contribution in [0.2, 0.25) is 5.02 Å². The van der Waals surface area contributed by atoms with Crippen molar-refractivity contribution in [2.75, 3.05) is 6.54 Å². The average Bonchev–Trinajstić information content (AvgIpc) is 3.01. The number of hydrogen-bond acceptors (Lipinski definition) is 5. The second-order valence-corrected chi connectivity index (χ2v) is 15.9. The molecule has 45 heavy (non-hydrogen) atoms. The van der Waals surface area contributed by atoms with E-state index in [0.717, 1.165) is 11.1 Å². The Bertz CT molecular complexity index is 1950. The van der Waals surface area contributed by atoms with Crippen molar-refractivity contribution in [3.05, 3.63) is 130 Å². The summed E-state index contributed by atoms with van der Waals surface area (Å²) in [5.74, 6) is -1.91. The van der Waals surface area contributed by atoms with Crippen LogP contribution in [0.5, 0.6) is 0 Å². The van der Waals surface area contributed by atoms with Crippen molar-refractivity contribution in [1.29, 1.82) is 0 Å². The maximum absolute atomic E-state index is 15.3. The molecule has 2 fully saturated rings. The number of hydrogen-bond donors (Lipinski definition) is 0. The van der Waals surface area contributed by atoms with Crippen LogP contribution >= 0.6 is 11.6 Å². The van der Waals surface area contributed by atoms with E-state index in [4.69, 9.17) is 11.6 Å². The molecule has 0 aliphatic carbocycles. The summed E-state index contributed by atoms with van der Waals surface area (Å²) in [5.41, 5.74) is 2.59. The largest absolute Gasteiger partial charge is 0.299 e. The molecule has 4 aromatic rings. The number of fused-ring (bicyclic) bond motifs is 1. The lowest BCUT2D eigenvalue weighted by atomic mass is 9.77. The zero-order valence-electron chi connectivity index (χ0n) is 24.7. The highest BCUT2D eigenvalue weighted by Gasteiger charge is 2.54. The van der Waals surface area contributed by atoms with Crippen LogP contribution in [-0.4, -0.2) is 43.8 Å². The molecule has 0 radical (unpaired) electrons. The predicted molar refractivity (Wildman–Crippen MR) is 170 cm³/mol. The van der Waals surface area contributed by atoms with Gasteiger partial charge in [0.15, 0.2) is 0 Å². The summed E-state index contributed by atoms with van der Waals surface area (Å²) in [6.45, 7) is 3.52. The van der Waals surface area contributed by atoms with Crippen molar-refractivity contribution in [1.82, 2.24) is 8.61 Å². The summed E-state index contributed by atoms with van der Waals surface area (Å²) in [6, 6.07) is 22.6. The van der Waals surface area contributed by atoms with Gasteiger partial charge < -0.3 is 0 Å². The van der Waals surface area contributed by atoms with Gasteiger partial charge in [-0.3, -0.25) is 4.79 Å². The van der Waals surface area contributed by atoms with Gasteiger partial charge in [0.05, 0.1) is 21.9 Å². The fourth-order valence-corrected chi connectivity index (χ4v) is 10.1. The number of halogens is 2. The number of ketones is 1. The van der Waals surface area contributed by atoms with Crippen LogP contribution in [0.25, 0.3) is 0 Å². The molecule has 0 aromatic heterocycles. The number of piperidine rings is 2. The molecule has 0 N–H and O–H groups in total. The van der Waals surface area contributed by atoms with E-state index in [2.05, 4.69) is 0 Å². The minimum absolute atomic E-state index is 0.0116. The molecular formula is C34H32ClFN2O5S2. The molecule has 11 heteroatoms. The van der Waals surface area contributed by atoms with Gasteiger partial charge >= 0.3 is 0 Å². The van der Waals surface area contributed by atoms with Gasteiger partial charge in [-0.2, -0.15) is 8.61 Å². The molecule has 2 aliphatic rings. The first-order valence-corrected chi connectivity index (χ1v) is 17.8. The Kier molecular flexibility index (Phi) is 8.47. The molecule has 0 spiro atoms. The molecule has 7 nitrogen and oxygen atoms in total. The number of benzene rings is 4. The minimum atomic E-state index is -4.28. The van der Waals surface area contributed by atoms with Crippen molar-refractivity contribution in [2.45, 2.75) is 54.6 Å². The van der Waals surface area contributed by atoms with Crippen molar-refractivity contribution >= 4 is 37.4 Å². The van der Waals surface area contributed by atoms with Crippen molar-refractivity contribution < 1.29 is 26.0 Å². The van der Waals surface area contributed by atoms with Crippen molar-refractivity contribution in [2.24, 2.45) is 5.92 Å². The van der Waals surface area contributed by atoms with Gasteiger partial charge in [-0.15, -0.1) is 0 Å². The van der Waals surface area contributed by atoms with E-state index in [1.165, 1.54) is 63.2 Å². The first kappa shape index (κ1) is 31.6. The van der Waals surface area contributed by atoms with Crippen molar-refractivity contribution in [3.8, 4) is 0 Å². The van der Waals surface area contributed by atoms with E-state index in [0.29, 0.717) is 10.6 Å². The monoisotopic (exact) mass is 666 g/mol. The van der Waals surface area contributed by atoms with Crippen LogP contribution in [0.1, 0.15) is 47.2 Å². The molecule has 0 amide bonds. The smallest absolute Gasteiger partial charge is 0.243 e. The van der Waals surface area contributed by atoms with E-state index in [-0.39, 0.29) is 40.5 Å². The topological polar surface area (TPSA) is 91.8 Å². The standard InChI is InChI=1S/C34H32ClFN2O5S2/c1-22-7-11-24(12-8-22)31-19-32-29(21-37(31)44(40,41)26-17-13-25(35)14-18-26)34(39)20-33(28-5-3-4-6-30(28)36)38(32)45(42,43)27-15-9-23(2)10-16-27/h3-18,29,31-33H,19-21H2,1-2H3/t29-,31?,32+,33?/m1/s1. The molecule has 2 aliphatic heterocycles. The van der Waals surface area contributed by atoms with Crippen LogP contribution in [0, 0.1) is 25.6 Å². The van der Waals surface area contributed by atoms with Gasteiger partial charge in [0.1, 0.15) is 11.6 Å². The van der Waals surface area contributed by atoms with Gasteiger partial charge in [0, 0.05) is 35.5 Å². The Morgan fingerprint density at radius 3 is 1.91 bits per heavy atom. The van der Waals surface area contributed by atoms with E-state index < -0.39 is 49.9 Å². The van der Waals surface area contributed by atoms with Crippen LogP contribution < -0.4 is 0 Å². The fraction of sp³-hybridized carbons (Fsp3) is 0.265. The van der Waals surface area contributed by atoms with Gasteiger partial charge in [-0.05, 0) is 68.3 Å². The number of carbonyl (C=O) groups is 1. The molecule has 2 saturated heterocycles. The molecule has 2 heterocycles. The Balaban J connectivity index is 1.52. The molecule has 0 saturated carbocycles. The number of aryl methyl sites for hydroxylation is 2. The average molecular weight is 667 g/mol. The summed E-state index contributed by atoms with van der Waals surface area (Å²) in [6.07, 6.45) is -0.306. The number of carbonyl (C=O) groups excluding carboxylic acids is 1. The number of sulfonamides is 2. The maximum Gasteiger partial charge on any atom is 0.243 e. The number of rotatable bonds is 6. The third-order valence-electron chi connectivity index (χ3n) is 8.84. The van der Waals surface area contributed by atoms with Crippen LogP contribution in [0.4, 0.5) is 4.39 Å². The van der Waals surface area contributed by atoms with Gasteiger partial charge in [0.2, 0.25) is 20.0 Å². The minimum Gasteiger partial charge on any atom is -0.299 e. The molecule has 0 bridgehead atoms. The van der Waals surface area contributed by atoms with Crippen LogP contribution in [0.15, 0.2) is 107 Å².